The molecule has 0 saturated carbocycles. The predicted octanol–water partition coefficient (Wildman–Crippen LogP) is -3.32. The highest BCUT2D eigenvalue weighted by atomic mass is 16.7. The summed E-state index contributed by atoms with van der Waals surface area (Å²) < 4.78 is 50.6. The zero-order valence-corrected chi connectivity index (χ0v) is 34.9. The van der Waals surface area contributed by atoms with Crippen LogP contribution in [0.15, 0.2) is 69.9 Å². The molecule has 3 saturated heterocycles. The van der Waals surface area contributed by atoms with Crippen molar-refractivity contribution in [1.29, 1.82) is 0 Å². The standard InChI is InChI=1S/C43H48O24/c1-59-22-10-16(2-8-20(22)47)3-9-27(49)66-40-35(56)31(52)26(15-46)65-43(40)67-39-32(53)28-21(48)11-19(61-42-37(58)34(55)30(51)25(14-45)64-42)12-23(28)62-38(39)17-4-6-18(7-5-17)60-41-36(57)33(54)29(50)24(13-44)63-41/h2-12,24-26,29-31,33-37,40-48,50-52,54-58H,13-15H2,1H3/b9-3+. The molecule has 7 rings (SSSR count). The molecule has 4 aromatic rings. The molecule has 3 aromatic carbocycles. The van der Waals surface area contributed by atoms with Crippen LogP contribution in [0.4, 0.5) is 0 Å². The molecule has 3 fully saturated rings. The van der Waals surface area contributed by atoms with Gasteiger partial charge in [-0.1, -0.05) is 6.07 Å². The third kappa shape index (κ3) is 10.1. The second-order valence-electron chi connectivity index (χ2n) is 15.6. The number of hydrogen-bond donors (Lipinski definition) is 13. The number of phenols is 2. The van der Waals surface area contributed by atoms with Crippen LogP contribution in [-0.2, 0) is 23.7 Å². The normalized spacial score (nSPS) is 32.2. The van der Waals surface area contributed by atoms with Crippen molar-refractivity contribution in [1.82, 2.24) is 0 Å². The van der Waals surface area contributed by atoms with Gasteiger partial charge >= 0.3 is 5.97 Å². The van der Waals surface area contributed by atoms with Crippen LogP contribution in [-0.4, -0.2) is 191 Å². The van der Waals surface area contributed by atoms with Crippen molar-refractivity contribution in [3.05, 3.63) is 76.5 Å². The van der Waals surface area contributed by atoms with Crippen LogP contribution in [0.2, 0.25) is 0 Å². The highest BCUT2D eigenvalue weighted by molar-refractivity contribution is 5.89. The lowest BCUT2D eigenvalue weighted by Gasteiger charge is -2.41. The van der Waals surface area contributed by atoms with Crippen LogP contribution in [0, 0.1) is 0 Å². The van der Waals surface area contributed by atoms with Crippen molar-refractivity contribution in [2.24, 2.45) is 0 Å². The van der Waals surface area contributed by atoms with Gasteiger partial charge in [0.05, 0.1) is 26.9 Å². The lowest BCUT2D eigenvalue weighted by molar-refractivity contribution is -0.281. The van der Waals surface area contributed by atoms with Gasteiger partial charge in [0.15, 0.2) is 23.4 Å². The number of aliphatic hydroxyl groups excluding tert-OH is 11. The summed E-state index contributed by atoms with van der Waals surface area (Å²) in [7, 11) is 1.31. The molecule has 1 aromatic heterocycles. The first-order valence-corrected chi connectivity index (χ1v) is 20.4. The van der Waals surface area contributed by atoms with Crippen LogP contribution in [0.25, 0.3) is 28.4 Å². The first-order chi connectivity index (χ1) is 32.0. The lowest BCUT2D eigenvalue weighted by atomic mass is 9.99. The number of rotatable bonds is 14. The summed E-state index contributed by atoms with van der Waals surface area (Å²) in [5.41, 5.74) is -1.19. The van der Waals surface area contributed by atoms with Crippen LogP contribution in [0.1, 0.15) is 5.56 Å². The van der Waals surface area contributed by atoms with Gasteiger partial charge in [0.1, 0.15) is 95.4 Å². The molecular formula is C43H48O24. The van der Waals surface area contributed by atoms with Crippen molar-refractivity contribution in [3.8, 4) is 45.8 Å². The highest BCUT2D eigenvalue weighted by Crippen LogP contribution is 2.39. The second-order valence-corrected chi connectivity index (χ2v) is 15.6. The van der Waals surface area contributed by atoms with E-state index in [-0.39, 0.29) is 28.6 Å². The smallest absolute Gasteiger partial charge is 0.331 e. The quantitative estimate of drug-likeness (QED) is 0.0434. The van der Waals surface area contributed by atoms with Gasteiger partial charge < -0.3 is 109 Å². The third-order valence-electron chi connectivity index (χ3n) is 11.2. The summed E-state index contributed by atoms with van der Waals surface area (Å²) in [5, 5.41) is 134. The van der Waals surface area contributed by atoms with E-state index in [4.69, 9.17) is 42.3 Å². The summed E-state index contributed by atoms with van der Waals surface area (Å²) in [5.74, 6) is -3.64. The number of esters is 1. The van der Waals surface area contributed by atoms with E-state index in [1.54, 1.807) is 0 Å². The maximum Gasteiger partial charge on any atom is 0.331 e. The van der Waals surface area contributed by atoms with Gasteiger partial charge in [-0.3, -0.25) is 4.79 Å². The van der Waals surface area contributed by atoms with Gasteiger partial charge in [0.2, 0.25) is 30.0 Å². The Morgan fingerprint density at radius 1 is 0.627 bits per heavy atom. The van der Waals surface area contributed by atoms with E-state index in [1.807, 2.05) is 0 Å². The van der Waals surface area contributed by atoms with E-state index in [0.717, 1.165) is 18.2 Å². The van der Waals surface area contributed by atoms with Crippen molar-refractivity contribution >= 4 is 23.0 Å². The molecule has 24 heteroatoms. The minimum atomic E-state index is -2.02. The van der Waals surface area contributed by atoms with Gasteiger partial charge in [-0.2, -0.15) is 0 Å². The number of aliphatic hydroxyl groups is 11. The number of benzene rings is 3. The van der Waals surface area contributed by atoms with Crippen molar-refractivity contribution in [2.75, 3.05) is 26.9 Å². The number of phenolic OH excluding ortho intramolecular Hbond substituents is 2. The van der Waals surface area contributed by atoms with Crippen molar-refractivity contribution < 1.29 is 113 Å². The first kappa shape index (κ1) is 49.2. The summed E-state index contributed by atoms with van der Waals surface area (Å²) in [6, 6.07) is 11.3. The Hall–Kier alpha value is -5.68. The molecule has 3 aliphatic rings. The fourth-order valence-corrected chi connectivity index (χ4v) is 7.43. The van der Waals surface area contributed by atoms with Gasteiger partial charge in [0, 0.05) is 23.8 Å². The Morgan fingerprint density at radius 2 is 1.18 bits per heavy atom. The Morgan fingerprint density at radius 3 is 1.75 bits per heavy atom. The topological polar surface area (TPSA) is 384 Å². The third-order valence-corrected chi connectivity index (χ3v) is 11.2. The SMILES string of the molecule is COc1cc(/C=C/C(=O)OC2C(Oc3c(-c4ccc(OC5OC(CO)C(O)C(O)C5O)cc4)oc4cc(OC5OC(CO)C(O)C(O)C5O)cc(O)c4c3=O)OC(CO)C(O)C2O)ccc1O. The van der Waals surface area contributed by atoms with Crippen molar-refractivity contribution in [2.45, 2.75) is 92.1 Å². The average molecular weight is 949 g/mol. The van der Waals surface area contributed by atoms with Crippen molar-refractivity contribution in [3.63, 3.8) is 0 Å². The van der Waals surface area contributed by atoms with Crippen LogP contribution >= 0.6 is 0 Å². The fourth-order valence-electron chi connectivity index (χ4n) is 7.43. The number of carbonyl (C=O) groups is 1. The summed E-state index contributed by atoms with van der Waals surface area (Å²) in [6.07, 6.45) is -23.9. The Balaban J connectivity index is 1.26. The first-order valence-electron chi connectivity index (χ1n) is 20.4. The van der Waals surface area contributed by atoms with E-state index in [2.05, 4.69) is 0 Å². The number of fused-ring (bicyclic) bond motifs is 1. The van der Waals surface area contributed by atoms with E-state index >= 15 is 0 Å². The Bertz CT molecular complexity index is 2440. The largest absolute Gasteiger partial charge is 0.507 e. The number of hydrogen-bond acceptors (Lipinski definition) is 24. The molecule has 24 nitrogen and oxygen atoms in total. The zero-order chi connectivity index (χ0) is 48.4. The van der Waals surface area contributed by atoms with Gasteiger partial charge in [0.25, 0.3) is 0 Å². The molecule has 3 aliphatic heterocycles. The summed E-state index contributed by atoms with van der Waals surface area (Å²) in [6.45, 7) is -2.42. The molecule has 0 aliphatic carbocycles. The van der Waals surface area contributed by atoms with E-state index < -0.39 is 152 Å². The summed E-state index contributed by atoms with van der Waals surface area (Å²) in [4.78, 5) is 27.7. The molecule has 15 unspecified atom stereocenters. The zero-order valence-electron chi connectivity index (χ0n) is 34.9. The molecule has 0 amide bonds. The molecule has 15 atom stereocenters. The lowest BCUT2D eigenvalue weighted by Crippen LogP contribution is -2.61. The molecule has 13 N–H and O–H groups in total. The molecule has 67 heavy (non-hydrogen) atoms. The number of aromatic hydroxyl groups is 2. The monoisotopic (exact) mass is 948 g/mol. The Kier molecular flexibility index (Phi) is 15.2. The highest BCUT2D eigenvalue weighted by Gasteiger charge is 2.49. The minimum absolute atomic E-state index is 0.00852. The number of carbonyl (C=O) groups excluding carboxylic acids is 1. The van der Waals surface area contributed by atoms with Crippen LogP contribution < -0.4 is 24.4 Å². The molecule has 0 bridgehead atoms. The molecule has 0 radical (unpaired) electrons. The van der Waals surface area contributed by atoms with E-state index in [0.29, 0.717) is 5.56 Å². The molecular weight excluding hydrogens is 900 g/mol. The van der Waals surface area contributed by atoms with Gasteiger partial charge in [-0.05, 0) is 48.0 Å². The van der Waals surface area contributed by atoms with E-state index in [1.165, 1.54) is 55.7 Å². The number of methoxy groups -OCH3 is 1. The second kappa shape index (κ2) is 20.7. The summed E-state index contributed by atoms with van der Waals surface area (Å²) >= 11 is 0. The molecule has 4 heterocycles. The van der Waals surface area contributed by atoms with E-state index in [9.17, 15) is 76.0 Å². The maximum atomic E-state index is 14.5. The molecule has 0 spiro atoms. The fraction of sp³-hybridized carbons (Fsp3) is 0.442. The predicted molar refractivity (Wildman–Crippen MR) is 220 cm³/mol. The van der Waals surface area contributed by atoms with Gasteiger partial charge in [-0.15, -0.1) is 0 Å². The maximum absolute atomic E-state index is 14.5. The minimum Gasteiger partial charge on any atom is -0.507 e. The number of ether oxygens (including phenoxy) is 8. The van der Waals surface area contributed by atoms with Gasteiger partial charge in [-0.25, -0.2) is 4.79 Å². The molecule has 364 valence electrons. The van der Waals surface area contributed by atoms with Crippen LogP contribution in [0.3, 0.4) is 0 Å². The average Bonchev–Trinajstić information content (AvgIpc) is 3.32. The van der Waals surface area contributed by atoms with Crippen LogP contribution in [0.5, 0.6) is 34.5 Å². The Labute approximate surface area is 377 Å².